The fourth-order valence-corrected chi connectivity index (χ4v) is 17.6. The maximum atomic E-state index is 15.9. The molecule has 19 amide bonds. The zero-order valence-corrected chi connectivity index (χ0v) is 78.0. The number of nitrogens with one attached hydrogen (secondary N) is 19. The molecule has 0 spiro atoms. The molecule has 53 heteroatoms. The second kappa shape index (κ2) is 52.6. The Kier molecular flexibility index (Phi) is 44.5. The van der Waals surface area contributed by atoms with Crippen molar-refractivity contribution in [2.75, 3.05) is 84.3 Å². The first-order chi connectivity index (χ1) is 61.9. The molecule has 5 rings (SSSR count). The summed E-state index contributed by atoms with van der Waals surface area (Å²) in [6, 6.07) is -34.5. The minimum Gasteiger partial charge on any atom is -0.481 e. The van der Waals surface area contributed by atoms with Gasteiger partial charge in [0.15, 0.2) is 12.1 Å². The normalized spacial score (nSPS) is 31.0. The third-order valence-electron chi connectivity index (χ3n) is 22.9. The molecule has 5 fully saturated rings. The Morgan fingerprint density at radius 3 is 1.45 bits per heavy atom. The van der Waals surface area contributed by atoms with Gasteiger partial charge in [-0.3, -0.25) is 95.9 Å². The summed E-state index contributed by atoms with van der Waals surface area (Å²) in [6.45, 7) is 7.59. The highest BCUT2D eigenvalue weighted by molar-refractivity contribution is 8.00. The van der Waals surface area contributed by atoms with Crippen molar-refractivity contribution < 1.29 is 146 Å². The van der Waals surface area contributed by atoms with E-state index in [4.69, 9.17) is 0 Å². The standard InChI is InChI=1S/C79H127N21O29S3/c1-14-33(3)53-72(120)90-47-32-132-39(9)57-77(125)91-46-31-131-38(8)56(75(123)84-36(6)62(110)93-53)96-73(121)54(34(4)15-2)94-69(117)48-20-18-24-99(48)51(105)27-82-63(111)43(28-101)88-64(112)42(86-67(46)115)25-80-23-17-16-19-41(78(126)127)85-76(124)58(97-74(122)55(37(7)103)92-50(104)26-81-71(119)59(98-68(47)116)60(108)79(128)129)40(10)130-30-45(89-70(118)49(100(11,12)13)21-22-52(106)107)66(114)83-35(5)61(109)87-44(29-102)65(113)95-57/h33-49,53-60,80,101-103,108H,14-32H2,1-13H3,(H20-,81,82,83,84,85,86,87,88,89,90,91,92,93,94,95,96,97,98,104,106,107,109,110,111,112,113,114,115,116,117,118,119,120,121,122,123,124,125,126,127,128,129)/p+1/t33-,34-,35-,36-,37+,38-,39-,40-,41-,42-,43-,44-,45-,46-,47-,48-,49-,53-,54-,55-,56+,57+,58+,59-,60+/m0/s1. The molecule has 25 atom stereocenters. The molecule has 6 bridgehead atoms. The Balaban J connectivity index is 1.95. The van der Waals surface area contributed by atoms with Crippen LogP contribution in [0.1, 0.15) is 127 Å². The molecular formula is C79H128N21O29S3+. The van der Waals surface area contributed by atoms with E-state index in [0.717, 1.165) is 25.7 Å². The van der Waals surface area contributed by atoms with Crippen molar-refractivity contribution in [1.82, 2.24) is 106 Å². The number of rotatable bonds is 16. The maximum Gasteiger partial charge on any atom is 0.335 e. The summed E-state index contributed by atoms with van der Waals surface area (Å²) in [5.41, 5.74) is 0. The second-order valence-electron chi connectivity index (χ2n) is 33.9. The molecule has 26 N–H and O–H groups in total. The van der Waals surface area contributed by atoms with E-state index in [1.165, 1.54) is 48.8 Å². The van der Waals surface area contributed by atoms with Crippen LogP contribution in [0.5, 0.6) is 0 Å². The van der Waals surface area contributed by atoms with Crippen LogP contribution in [0.2, 0.25) is 0 Å². The Morgan fingerprint density at radius 2 is 0.917 bits per heavy atom. The summed E-state index contributed by atoms with van der Waals surface area (Å²) < 4.78 is -0.255. The van der Waals surface area contributed by atoms with Crippen molar-refractivity contribution in [1.29, 1.82) is 0 Å². The van der Waals surface area contributed by atoms with Crippen LogP contribution in [0.25, 0.3) is 0 Å². The van der Waals surface area contributed by atoms with E-state index in [9.17, 15) is 108 Å². The van der Waals surface area contributed by atoms with Gasteiger partial charge in [0.2, 0.25) is 106 Å². The topological polar surface area (TPSA) is 749 Å². The van der Waals surface area contributed by atoms with Crippen molar-refractivity contribution in [3.8, 4) is 0 Å². The molecule has 5 heterocycles. The molecule has 5 saturated heterocycles. The lowest BCUT2D eigenvalue weighted by Gasteiger charge is -2.34. The quantitative estimate of drug-likeness (QED) is 0.0504. The monoisotopic (exact) mass is 1930 g/mol. The number of carboxylic acid groups (broad SMARTS) is 3. The number of thioether (sulfide) groups is 3. The van der Waals surface area contributed by atoms with Gasteiger partial charge in [0.25, 0.3) is 5.91 Å². The predicted molar refractivity (Wildman–Crippen MR) is 470 cm³/mol. The van der Waals surface area contributed by atoms with Crippen molar-refractivity contribution in [2.45, 2.75) is 264 Å². The second-order valence-corrected chi connectivity index (χ2v) is 38.1. The van der Waals surface area contributed by atoms with Gasteiger partial charge in [-0.05, 0) is 71.3 Å². The molecule has 0 aliphatic carbocycles. The highest BCUT2D eigenvalue weighted by Crippen LogP contribution is 2.26. The zero-order valence-electron chi connectivity index (χ0n) is 75.6. The molecule has 0 aromatic rings. The minimum absolute atomic E-state index is 0.0330. The molecule has 0 saturated carbocycles. The van der Waals surface area contributed by atoms with Gasteiger partial charge in [-0.1, -0.05) is 61.3 Å². The van der Waals surface area contributed by atoms with Crippen LogP contribution in [0.3, 0.4) is 0 Å². The van der Waals surface area contributed by atoms with Gasteiger partial charge >= 0.3 is 17.9 Å². The Hall–Kier alpha value is -10.8. The molecule has 0 aromatic carbocycles. The first-order valence-electron chi connectivity index (χ1n) is 43.2. The number of carbonyl (C=O) groups is 22. The van der Waals surface area contributed by atoms with Crippen molar-refractivity contribution in [3.05, 3.63) is 0 Å². The number of aliphatic carboxylic acids is 3. The third kappa shape index (κ3) is 33.1. The van der Waals surface area contributed by atoms with Crippen molar-refractivity contribution in [3.63, 3.8) is 0 Å². The summed E-state index contributed by atoms with van der Waals surface area (Å²) in [6.07, 6.45) is -6.02. The van der Waals surface area contributed by atoms with Gasteiger partial charge in [-0.25, -0.2) is 9.59 Å². The van der Waals surface area contributed by atoms with Gasteiger partial charge < -0.3 is 146 Å². The van der Waals surface area contributed by atoms with Crippen molar-refractivity contribution >= 4 is 165 Å². The molecule has 50 nitrogen and oxygen atoms in total. The summed E-state index contributed by atoms with van der Waals surface area (Å²) in [4.78, 5) is 321. The first kappa shape index (κ1) is 112. The molecule has 0 aromatic heterocycles. The number of fused-ring (bicyclic) bond motifs is 22. The smallest absolute Gasteiger partial charge is 0.335 e. The number of carbonyl (C=O) groups excluding carboxylic acids is 19. The molecule has 132 heavy (non-hydrogen) atoms. The number of hydrogen-bond donors (Lipinski definition) is 26. The van der Waals surface area contributed by atoms with Gasteiger partial charge in [0.1, 0.15) is 103 Å². The number of hydrogen-bond acceptors (Lipinski definition) is 30. The van der Waals surface area contributed by atoms with Gasteiger partial charge in [0.05, 0.1) is 60.0 Å². The fraction of sp³-hybridized carbons (Fsp3) is 0.722. The van der Waals surface area contributed by atoms with E-state index in [1.54, 1.807) is 20.8 Å². The average molecular weight is 1930 g/mol. The average Bonchev–Trinajstić information content (AvgIpc) is 1.70. The van der Waals surface area contributed by atoms with Gasteiger partial charge in [-0.2, -0.15) is 35.3 Å². The highest BCUT2D eigenvalue weighted by atomic mass is 32.2. The summed E-state index contributed by atoms with van der Waals surface area (Å²) in [5, 5.41) is 116. The van der Waals surface area contributed by atoms with E-state index in [1.807, 2.05) is 10.6 Å². The molecule has 5 aliphatic rings. The number of carboxylic acids is 3. The van der Waals surface area contributed by atoms with E-state index in [-0.39, 0.29) is 62.5 Å². The van der Waals surface area contributed by atoms with Crippen LogP contribution in [0.15, 0.2) is 0 Å². The van der Waals surface area contributed by atoms with Crippen molar-refractivity contribution in [2.24, 2.45) is 11.8 Å². The number of aliphatic hydroxyl groups is 4. The number of aliphatic hydroxyl groups excluding tert-OH is 4. The fourth-order valence-electron chi connectivity index (χ4n) is 14.2. The molecule has 0 radical (unpaired) electrons. The Morgan fingerprint density at radius 1 is 0.462 bits per heavy atom. The van der Waals surface area contributed by atoms with E-state index in [2.05, 4.69) is 90.4 Å². The third-order valence-corrected chi connectivity index (χ3v) is 26.8. The van der Waals surface area contributed by atoms with Crippen LogP contribution in [0.4, 0.5) is 0 Å². The molecular weight excluding hydrogens is 1800 g/mol. The first-order valence-corrected chi connectivity index (χ1v) is 46.4. The predicted octanol–water partition coefficient (Wildman–Crippen LogP) is -11.9. The lowest BCUT2D eigenvalue weighted by Crippen LogP contribution is -2.64. The van der Waals surface area contributed by atoms with Crippen LogP contribution in [0, 0.1) is 11.8 Å². The SMILES string of the molecule is CC[C@H](C)[C@@H]1NC(=O)[C@H](C)NC(=O)[C@@H]2NC(=O)[C@H]([C@@H](C)CC)NC(=O)[C@@H]3CCCN3C(=O)CNC(=O)[C@H](CO)NC(=O)[C@@H]3CNCCCC[C@@H](C(=O)O)NC(=O)[C@@H]4NC(=O)[C@H]([C@@H](C)O)NC(=O)CNC(=O)[C@H]([C@@H](O)C(=O)O)NC(=O)[C@H](CS[C@@H](C)[C@@H](NC(=O)[C@H](CO)NC(=O)[C@H](C)NC(=O)[C@@H](NC(=O)[C@H](CCC(=O)O)[N+](C)(C)C)CS[C@H]4C)C(=O)N[C@@H](CS[C@H]2C)C(=O)N3)NC1=O. The summed E-state index contributed by atoms with van der Waals surface area (Å²) in [7, 11) is 4.58. The molecule has 5 aliphatic heterocycles. The largest absolute Gasteiger partial charge is 0.481 e. The molecule has 740 valence electrons. The Bertz CT molecular complexity index is 4210. The Labute approximate surface area is 773 Å². The summed E-state index contributed by atoms with van der Waals surface area (Å²) >= 11 is 1.73. The van der Waals surface area contributed by atoms with Crippen LogP contribution >= 0.6 is 35.3 Å². The van der Waals surface area contributed by atoms with Gasteiger partial charge in [-0.15, -0.1) is 0 Å². The van der Waals surface area contributed by atoms with E-state index < -0.39 is 342 Å². The van der Waals surface area contributed by atoms with E-state index in [0.29, 0.717) is 35.3 Å². The van der Waals surface area contributed by atoms with Crippen LogP contribution in [-0.2, 0) is 105 Å². The number of quaternary nitrogens is 1. The maximum absolute atomic E-state index is 15.9. The van der Waals surface area contributed by atoms with E-state index >= 15 is 33.6 Å². The number of amides is 19. The lowest BCUT2D eigenvalue weighted by atomic mass is 9.97. The van der Waals surface area contributed by atoms with Crippen LogP contribution in [-0.4, -0.2) is 396 Å². The number of nitrogens with zero attached hydrogens (tertiary/aromatic N) is 2. The lowest BCUT2D eigenvalue weighted by molar-refractivity contribution is -0.886. The zero-order chi connectivity index (χ0) is 99.2. The highest BCUT2D eigenvalue weighted by Gasteiger charge is 2.46. The minimum atomic E-state index is -2.97. The number of likely N-dealkylation sites (N-methyl/N-ethyl adjacent to an activating group) is 1. The van der Waals surface area contributed by atoms with Gasteiger partial charge in [0, 0.05) is 52.5 Å². The summed E-state index contributed by atoms with van der Waals surface area (Å²) in [5.74, 6) is -33.2. The molecule has 0 unspecified atom stereocenters. The van der Waals surface area contributed by atoms with Crippen LogP contribution < -0.4 is 101 Å².